The minimum atomic E-state index is -0.189. The number of hydrogen-bond donors (Lipinski definition) is 2. The number of rotatable bonds is 4. The quantitative estimate of drug-likeness (QED) is 0.710. The molecule has 1 heterocycles. The van der Waals surface area contributed by atoms with Crippen molar-refractivity contribution in [1.29, 1.82) is 0 Å². The molecular formula is C11H20N2O3. The molecule has 0 unspecified atom stereocenters. The molecular weight excluding hydrogens is 208 g/mol. The Morgan fingerprint density at radius 3 is 2.62 bits per heavy atom. The van der Waals surface area contributed by atoms with E-state index >= 15 is 0 Å². The van der Waals surface area contributed by atoms with Gasteiger partial charge in [-0.3, -0.25) is 4.79 Å². The Labute approximate surface area is 95.7 Å². The van der Waals surface area contributed by atoms with E-state index in [-0.39, 0.29) is 24.2 Å². The van der Waals surface area contributed by atoms with Crippen LogP contribution in [0.5, 0.6) is 0 Å². The molecule has 0 spiro atoms. The summed E-state index contributed by atoms with van der Waals surface area (Å²) in [4.78, 5) is 11.3. The molecule has 0 radical (unpaired) electrons. The topological polar surface area (TPSA) is 73.6 Å². The lowest BCUT2D eigenvalue weighted by atomic mass is 9.84. The van der Waals surface area contributed by atoms with E-state index in [9.17, 15) is 4.79 Å². The lowest BCUT2D eigenvalue weighted by Crippen LogP contribution is -2.47. The first-order valence-corrected chi connectivity index (χ1v) is 6.03. The van der Waals surface area contributed by atoms with Gasteiger partial charge in [0.25, 0.3) is 0 Å². The van der Waals surface area contributed by atoms with Crippen LogP contribution in [0, 0.1) is 5.92 Å². The van der Waals surface area contributed by atoms with E-state index in [0.717, 1.165) is 25.7 Å². The predicted molar refractivity (Wildman–Crippen MR) is 58.6 cm³/mol. The highest BCUT2D eigenvalue weighted by Gasteiger charge is 2.30. The molecule has 1 amide bonds. The van der Waals surface area contributed by atoms with E-state index < -0.39 is 0 Å². The van der Waals surface area contributed by atoms with Crippen molar-refractivity contribution in [2.45, 2.75) is 38.0 Å². The van der Waals surface area contributed by atoms with Gasteiger partial charge in [0.1, 0.15) is 0 Å². The van der Waals surface area contributed by atoms with Crippen LogP contribution in [0.4, 0.5) is 0 Å². The number of nitrogens with two attached hydrogens (primary N) is 1. The molecule has 0 aromatic heterocycles. The van der Waals surface area contributed by atoms with Crippen LogP contribution in [0.1, 0.15) is 25.7 Å². The fraction of sp³-hybridized carbons (Fsp3) is 0.909. The first-order valence-electron chi connectivity index (χ1n) is 6.03. The SMILES string of the molecule is NC(=O)[C@H]1CCCC[C@@H]1NCC1OCCO1. The third-order valence-electron chi connectivity index (χ3n) is 3.37. The third-order valence-corrected chi connectivity index (χ3v) is 3.37. The third kappa shape index (κ3) is 2.93. The molecule has 0 bridgehead atoms. The van der Waals surface area contributed by atoms with Gasteiger partial charge in [0.2, 0.25) is 5.91 Å². The molecule has 2 rings (SSSR count). The van der Waals surface area contributed by atoms with Gasteiger partial charge in [-0.25, -0.2) is 0 Å². The van der Waals surface area contributed by atoms with Gasteiger partial charge >= 0.3 is 0 Å². The Morgan fingerprint density at radius 2 is 1.94 bits per heavy atom. The number of primary amides is 1. The molecule has 16 heavy (non-hydrogen) atoms. The Kier molecular flexibility index (Phi) is 4.15. The molecule has 2 atom stereocenters. The van der Waals surface area contributed by atoms with E-state index in [0.29, 0.717) is 19.8 Å². The van der Waals surface area contributed by atoms with E-state index in [1.165, 1.54) is 0 Å². The van der Waals surface area contributed by atoms with Gasteiger partial charge in [-0.1, -0.05) is 12.8 Å². The van der Waals surface area contributed by atoms with Crippen molar-refractivity contribution >= 4 is 5.91 Å². The van der Waals surface area contributed by atoms with Crippen LogP contribution in [0.2, 0.25) is 0 Å². The number of amides is 1. The van der Waals surface area contributed by atoms with Crippen LogP contribution in [-0.4, -0.2) is 38.0 Å². The first kappa shape index (κ1) is 11.8. The standard InChI is InChI=1S/C11H20N2O3/c12-11(14)8-3-1-2-4-9(8)13-7-10-15-5-6-16-10/h8-10,13H,1-7H2,(H2,12,14)/t8-,9-/m0/s1. The molecule has 1 saturated carbocycles. The van der Waals surface area contributed by atoms with Gasteiger partial charge in [-0.05, 0) is 12.8 Å². The molecule has 5 heteroatoms. The first-order chi connectivity index (χ1) is 7.77. The number of carbonyl (C=O) groups is 1. The van der Waals surface area contributed by atoms with Crippen molar-refractivity contribution in [1.82, 2.24) is 5.32 Å². The molecule has 3 N–H and O–H groups in total. The monoisotopic (exact) mass is 228 g/mol. The van der Waals surface area contributed by atoms with Crippen LogP contribution in [0.15, 0.2) is 0 Å². The Morgan fingerprint density at radius 1 is 1.25 bits per heavy atom. The summed E-state index contributed by atoms with van der Waals surface area (Å²) in [5, 5.41) is 3.34. The highest BCUT2D eigenvalue weighted by Crippen LogP contribution is 2.24. The van der Waals surface area contributed by atoms with Crippen LogP contribution >= 0.6 is 0 Å². The Balaban J connectivity index is 1.78. The number of hydrogen-bond acceptors (Lipinski definition) is 4. The maximum Gasteiger partial charge on any atom is 0.222 e. The fourth-order valence-electron chi connectivity index (χ4n) is 2.49. The summed E-state index contributed by atoms with van der Waals surface area (Å²) in [5.74, 6) is -0.222. The minimum Gasteiger partial charge on any atom is -0.369 e. The number of ether oxygens (including phenoxy) is 2. The molecule has 5 nitrogen and oxygen atoms in total. The van der Waals surface area contributed by atoms with Crippen LogP contribution in [-0.2, 0) is 14.3 Å². The second-order valence-corrected chi connectivity index (χ2v) is 4.48. The van der Waals surface area contributed by atoms with Crippen LogP contribution in [0.3, 0.4) is 0 Å². The van der Waals surface area contributed by atoms with E-state index in [4.69, 9.17) is 15.2 Å². The predicted octanol–water partition coefficient (Wildman–Crippen LogP) is -0.00700. The summed E-state index contributed by atoms with van der Waals surface area (Å²) in [6.45, 7) is 1.97. The van der Waals surface area contributed by atoms with Crippen molar-refractivity contribution in [3.63, 3.8) is 0 Å². The lowest BCUT2D eigenvalue weighted by Gasteiger charge is -2.30. The lowest BCUT2D eigenvalue weighted by molar-refractivity contribution is -0.123. The highest BCUT2D eigenvalue weighted by atomic mass is 16.7. The van der Waals surface area contributed by atoms with Crippen molar-refractivity contribution in [2.75, 3.05) is 19.8 Å². The van der Waals surface area contributed by atoms with Crippen molar-refractivity contribution in [2.24, 2.45) is 11.7 Å². The second-order valence-electron chi connectivity index (χ2n) is 4.48. The maximum atomic E-state index is 11.3. The molecule has 2 aliphatic rings. The summed E-state index contributed by atoms with van der Waals surface area (Å²) < 4.78 is 10.7. The van der Waals surface area contributed by atoms with E-state index in [1.54, 1.807) is 0 Å². The van der Waals surface area contributed by atoms with Crippen LogP contribution < -0.4 is 11.1 Å². The Hall–Kier alpha value is -0.650. The van der Waals surface area contributed by atoms with Gasteiger partial charge in [-0.2, -0.15) is 0 Å². The van der Waals surface area contributed by atoms with Gasteiger partial charge in [-0.15, -0.1) is 0 Å². The highest BCUT2D eigenvalue weighted by molar-refractivity contribution is 5.77. The number of nitrogens with one attached hydrogen (secondary N) is 1. The second kappa shape index (κ2) is 5.61. The molecule has 1 aliphatic carbocycles. The Bertz CT molecular complexity index is 241. The van der Waals surface area contributed by atoms with Gasteiger partial charge in [0.15, 0.2) is 6.29 Å². The minimum absolute atomic E-state index is 0.0323. The number of carbonyl (C=O) groups excluding carboxylic acids is 1. The molecule has 92 valence electrons. The van der Waals surface area contributed by atoms with E-state index in [1.807, 2.05) is 0 Å². The van der Waals surface area contributed by atoms with Gasteiger partial charge in [0.05, 0.1) is 19.1 Å². The molecule has 1 aliphatic heterocycles. The average molecular weight is 228 g/mol. The summed E-state index contributed by atoms with van der Waals surface area (Å²) in [7, 11) is 0. The zero-order valence-electron chi connectivity index (χ0n) is 9.48. The summed E-state index contributed by atoms with van der Waals surface area (Å²) in [5.41, 5.74) is 5.40. The van der Waals surface area contributed by atoms with E-state index in [2.05, 4.69) is 5.32 Å². The average Bonchev–Trinajstić information content (AvgIpc) is 2.79. The van der Waals surface area contributed by atoms with Crippen molar-refractivity contribution in [3.05, 3.63) is 0 Å². The molecule has 0 aromatic rings. The largest absolute Gasteiger partial charge is 0.369 e. The normalized spacial score (nSPS) is 31.8. The smallest absolute Gasteiger partial charge is 0.222 e. The zero-order chi connectivity index (χ0) is 11.4. The summed E-state index contributed by atoms with van der Waals surface area (Å²) >= 11 is 0. The van der Waals surface area contributed by atoms with Gasteiger partial charge in [0, 0.05) is 12.6 Å². The van der Waals surface area contributed by atoms with Crippen LogP contribution in [0.25, 0.3) is 0 Å². The van der Waals surface area contributed by atoms with Gasteiger partial charge < -0.3 is 20.5 Å². The summed E-state index contributed by atoms with van der Waals surface area (Å²) in [6, 6.07) is 0.194. The zero-order valence-corrected chi connectivity index (χ0v) is 9.48. The summed E-state index contributed by atoms with van der Waals surface area (Å²) in [6.07, 6.45) is 4.02. The maximum absolute atomic E-state index is 11.3. The van der Waals surface area contributed by atoms with Crippen molar-refractivity contribution in [3.8, 4) is 0 Å². The molecule has 2 fully saturated rings. The van der Waals surface area contributed by atoms with Crippen molar-refractivity contribution < 1.29 is 14.3 Å². The molecule has 1 saturated heterocycles. The molecule has 0 aromatic carbocycles. The fourth-order valence-corrected chi connectivity index (χ4v) is 2.49.